The van der Waals surface area contributed by atoms with Gasteiger partial charge in [-0.15, -0.1) is 0 Å². The van der Waals surface area contributed by atoms with Crippen LogP contribution in [0.25, 0.3) is 0 Å². The van der Waals surface area contributed by atoms with Gasteiger partial charge in [-0.2, -0.15) is 0 Å². The van der Waals surface area contributed by atoms with Crippen LogP contribution in [-0.2, 0) is 0 Å². The molecule has 0 radical (unpaired) electrons. The standard InChI is InChI=1S/C6Cl4F2/c7-1-2(8)4(10)6(12)5(11)3(1)9. The Morgan fingerprint density at radius 2 is 0.833 bits per heavy atom. The zero-order valence-electron chi connectivity index (χ0n) is 5.27. The lowest BCUT2D eigenvalue weighted by atomic mass is 10.3. The maximum Gasteiger partial charge on any atom is 0.180 e. The molecule has 0 aliphatic rings. The minimum atomic E-state index is -1.30. The average molecular weight is 252 g/mol. The van der Waals surface area contributed by atoms with Gasteiger partial charge >= 0.3 is 0 Å². The first-order chi connectivity index (χ1) is 5.46. The Hall–Kier alpha value is 0.240. The van der Waals surface area contributed by atoms with Crippen molar-refractivity contribution in [3.8, 4) is 0 Å². The second-order valence-corrected chi connectivity index (χ2v) is 3.40. The third kappa shape index (κ3) is 1.49. The molecule has 0 aromatic heterocycles. The first-order valence-corrected chi connectivity index (χ1v) is 4.15. The van der Waals surface area contributed by atoms with Gasteiger partial charge in [0.1, 0.15) is 0 Å². The molecule has 0 spiro atoms. The molecule has 0 unspecified atom stereocenters. The van der Waals surface area contributed by atoms with Crippen LogP contribution in [0, 0.1) is 11.6 Å². The molecule has 1 rings (SSSR count). The van der Waals surface area contributed by atoms with Crippen LogP contribution in [0.15, 0.2) is 0 Å². The van der Waals surface area contributed by atoms with E-state index in [-0.39, 0.29) is 10.0 Å². The van der Waals surface area contributed by atoms with Crippen LogP contribution in [0.2, 0.25) is 20.1 Å². The van der Waals surface area contributed by atoms with E-state index >= 15 is 0 Å². The molecule has 1 aromatic rings. The van der Waals surface area contributed by atoms with E-state index in [1.165, 1.54) is 0 Å². The van der Waals surface area contributed by atoms with E-state index in [0.717, 1.165) is 0 Å². The zero-order valence-corrected chi connectivity index (χ0v) is 8.29. The monoisotopic (exact) mass is 250 g/mol. The number of rotatable bonds is 0. The minimum absolute atomic E-state index is 0.290. The average Bonchev–Trinajstić information content (AvgIpc) is 2.08. The highest BCUT2D eigenvalue weighted by atomic mass is 35.5. The van der Waals surface area contributed by atoms with Crippen molar-refractivity contribution in [2.75, 3.05) is 0 Å². The summed E-state index contributed by atoms with van der Waals surface area (Å²) in [7, 11) is 0. The van der Waals surface area contributed by atoms with Crippen molar-refractivity contribution < 1.29 is 8.78 Å². The van der Waals surface area contributed by atoms with E-state index < -0.39 is 21.7 Å². The molecule has 0 atom stereocenters. The highest BCUT2D eigenvalue weighted by molar-refractivity contribution is 6.51. The molecule has 66 valence electrons. The summed E-state index contributed by atoms with van der Waals surface area (Å²) < 4.78 is 25.4. The van der Waals surface area contributed by atoms with E-state index in [0.29, 0.717) is 0 Å². The van der Waals surface area contributed by atoms with Gasteiger partial charge in [0.05, 0.1) is 20.1 Å². The third-order valence-electron chi connectivity index (χ3n) is 1.16. The van der Waals surface area contributed by atoms with E-state index in [1.54, 1.807) is 0 Å². The van der Waals surface area contributed by atoms with Crippen molar-refractivity contribution in [3.63, 3.8) is 0 Å². The first-order valence-electron chi connectivity index (χ1n) is 2.63. The smallest absolute Gasteiger partial charge is 0.180 e. The lowest BCUT2D eigenvalue weighted by Gasteiger charge is -2.03. The second kappa shape index (κ2) is 3.54. The Morgan fingerprint density at radius 3 is 1.08 bits per heavy atom. The summed E-state index contributed by atoms with van der Waals surface area (Å²) in [4.78, 5) is 0. The fourth-order valence-electron chi connectivity index (χ4n) is 0.578. The molecule has 1 aromatic carbocycles. The molecule has 0 nitrogen and oxygen atoms in total. The van der Waals surface area contributed by atoms with Crippen LogP contribution >= 0.6 is 46.4 Å². The molecule has 0 aliphatic heterocycles. The Bertz CT molecular complexity index is 232. The van der Waals surface area contributed by atoms with Gasteiger partial charge in [-0.3, -0.25) is 0 Å². The number of hydrogen-bond donors (Lipinski definition) is 0. The first kappa shape index (κ1) is 10.3. The fraction of sp³-hybridized carbons (Fsp3) is 0. The van der Waals surface area contributed by atoms with Gasteiger partial charge in [0, 0.05) is 0 Å². The van der Waals surface area contributed by atoms with Crippen LogP contribution in [0.5, 0.6) is 0 Å². The molecular weight excluding hydrogens is 252 g/mol. The highest BCUT2D eigenvalue weighted by Crippen LogP contribution is 2.39. The third-order valence-corrected chi connectivity index (χ3v) is 2.91. The van der Waals surface area contributed by atoms with Crippen LogP contribution in [-0.4, -0.2) is 0 Å². The van der Waals surface area contributed by atoms with Gasteiger partial charge in [0.15, 0.2) is 11.6 Å². The molecule has 0 N–H and O–H groups in total. The van der Waals surface area contributed by atoms with Crippen LogP contribution in [0.4, 0.5) is 8.78 Å². The van der Waals surface area contributed by atoms with E-state index in [9.17, 15) is 8.78 Å². The summed E-state index contributed by atoms with van der Waals surface area (Å²) in [6.07, 6.45) is 0. The molecule has 0 fully saturated rings. The van der Waals surface area contributed by atoms with Crippen molar-refractivity contribution in [3.05, 3.63) is 31.7 Å². The molecule has 0 bridgehead atoms. The lowest BCUT2D eigenvalue weighted by molar-refractivity contribution is 0.509. The van der Waals surface area contributed by atoms with Gasteiger partial charge < -0.3 is 0 Å². The van der Waals surface area contributed by atoms with E-state index in [4.69, 9.17) is 46.4 Å². The van der Waals surface area contributed by atoms with Crippen molar-refractivity contribution in [2.24, 2.45) is 0 Å². The van der Waals surface area contributed by atoms with Crippen molar-refractivity contribution in [1.29, 1.82) is 0 Å². The van der Waals surface area contributed by atoms with Crippen LogP contribution < -0.4 is 0 Å². The van der Waals surface area contributed by atoms with Gasteiger partial charge in [-0.1, -0.05) is 46.4 Å². The number of benzene rings is 1. The number of halogens is 6. The summed E-state index contributed by atoms with van der Waals surface area (Å²) in [5.41, 5.74) is 0. The molecule has 6 heteroatoms. The SMILES string of the molecule is Fc1c(F)c(Cl)c(Cl)c(Cl)c1Cl. The summed E-state index contributed by atoms with van der Waals surface area (Å²) in [5.74, 6) is -2.59. The minimum Gasteiger partial charge on any atom is -0.202 e. The van der Waals surface area contributed by atoms with Crippen molar-refractivity contribution in [2.45, 2.75) is 0 Å². The Kier molecular flexibility index (Phi) is 3.05. The molecule has 12 heavy (non-hydrogen) atoms. The molecule has 0 amide bonds. The van der Waals surface area contributed by atoms with E-state index in [2.05, 4.69) is 0 Å². The number of hydrogen-bond acceptors (Lipinski definition) is 0. The molecular formula is C6Cl4F2. The van der Waals surface area contributed by atoms with Crippen molar-refractivity contribution in [1.82, 2.24) is 0 Å². The zero-order chi connectivity index (χ0) is 9.46. The molecule has 0 heterocycles. The second-order valence-electron chi connectivity index (χ2n) is 1.88. The Labute approximate surface area is 87.0 Å². The summed E-state index contributed by atoms with van der Waals surface area (Å²) >= 11 is 21.4. The van der Waals surface area contributed by atoms with Gasteiger partial charge in [-0.05, 0) is 0 Å². The fourth-order valence-corrected chi connectivity index (χ4v) is 1.38. The normalized spacial score (nSPS) is 10.5. The van der Waals surface area contributed by atoms with E-state index in [1.807, 2.05) is 0 Å². The van der Waals surface area contributed by atoms with Gasteiger partial charge in [0.2, 0.25) is 0 Å². The molecule has 0 saturated heterocycles. The lowest BCUT2D eigenvalue weighted by Crippen LogP contribution is -1.89. The summed E-state index contributed by atoms with van der Waals surface area (Å²) in [5, 5.41) is -1.71. The summed E-state index contributed by atoms with van der Waals surface area (Å²) in [6, 6.07) is 0. The van der Waals surface area contributed by atoms with Gasteiger partial charge in [-0.25, -0.2) is 8.78 Å². The highest BCUT2D eigenvalue weighted by Gasteiger charge is 2.20. The topological polar surface area (TPSA) is 0 Å². The summed E-state index contributed by atoms with van der Waals surface area (Å²) in [6.45, 7) is 0. The maximum absolute atomic E-state index is 12.7. The predicted octanol–water partition coefficient (Wildman–Crippen LogP) is 4.58. The molecule has 0 saturated carbocycles. The Balaban J connectivity index is 3.60. The predicted molar refractivity (Wildman–Crippen MR) is 46.4 cm³/mol. The van der Waals surface area contributed by atoms with Crippen LogP contribution in [0.3, 0.4) is 0 Å². The molecule has 0 aliphatic carbocycles. The quantitative estimate of drug-likeness (QED) is 0.468. The van der Waals surface area contributed by atoms with Crippen LogP contribution in [0.1, 0.15) is 0 Å². The van der Waals surface area contributed by atoms with Crippen molar-refractivity contribution >= 4 is 46.4 Å². The maximum atomic E-state index is 12.7. The van der Waals surface area contributed by atoms with Gasteiger partial charge in [0.25, 0.3) is 0 Å². The largest absolute Gasteiger partial charge is 0.202 e. The Morgan fingerprint density at radius 1 is 0.583 bits per heavy atom.